The molecule has 0 aromatic carbocycles. The van der Waals surface area contributed by atoms with Gasteiger partial charge < -0.3 is 55.1 Å². The molecule has 2 saturated heterocycles. The lowest BCUT2D eigenvalue weighted by Crippen LogP contribution is -2.82. The van der Waals surface area contributed by atoms with Crippen LogP contribution >= 0.6 is 0 Å². The fraction of sp³-hybridized carbons (Fsp3) is 1.00. The second-order valence-corrected chi connectivity index (χ2v) is 7.05. The number of unbranched alkanes of at least 4 members (excludes halogenated alkanes) is 1. The third-order valence-corrected chi connectivity index (χ3v) is 5.37. The smallest absolute Gasteiger partial charge is 0.186 e. The average Bonchev–Trinajstić information content (AvgIpc) is 2.66. The van der Waals surface area contributed by atoms with Crippen molar-refractivity contribution in [3.05, 3.63) is 0 Å². The van der Waals surface area contributed by atoms with Crippen LogP contribution in [0.25, 0.3) is 0 Å². The molecule has 0 aliphatic carbocycles. The van der Waals surface area contributed by atoms with Gasteiger partial charge >= 0.3 is 0 Å². The summed E-state index contributed by atoms with van der Waals surface area (Å²) >= 11 is 0. The van der Waals surface area contributed by atoms with Crippen molar-refractivity contribution in [1.29, 1.82) is 0 Å². The zero-order chi connectivity index (χ0) is 20.4. The highest BCUT2D eigenvalue weighted by Gasteiger charge is 2.70. The van der Waals surface area contributed by atoms with Gasteiger partial charge in [-0.15, -0.1) is 0 Å². The van der Waals surface area contributed by atoms with Crippen molar-refractivity contribution in [2.75, 3.05) is 26.4 Å². The zero-order valence-corrected chi connectivity index (χ0v) is 15.1. The number of ether oxygens (including phenoxy) is 3. The molecule has 9 atom stereocenters. The lowest BCUT2D eigenvalue weighted by molar-refractivity contribution is -0.391. The Morgan fingerprint density at radius 3 is 2.22 bits per heavy atom. The molecule has 0 radical (unpaired) electrons. The number of aliphatic hydroxyl groups excluding tert-OH is 6. The average molecular weight is 398 g/mol. The van der Waals surface area contributed by atoms with Crippen molar-refractivity contribution in [3.63, 3.8) is 0 Å². The van der Waals surface area contributed by atoms with E-state index in [1.807, 2.05) is 6.92 Å². The molecule has 2 heterocycles. The van der Waals surface area contributed by atoms with Gasteiger partial charge in [0.15, 0.2) is 17.5 Å². The summed E-state index contributed by atoms with van der Waals surface area (Å²) in [5.41, 5.74) is -5.53. The first-order valence-corrected chi connectivity index (χ1v) is 8.96. The number of aliphatic hydroxyl groups is 8. The van der Waals surface area contributed by atoms with Crippen LogP contribution in [0.4, 0.5) is 0 Å². The first-order chi connectivity index (χ1) is 12.7. The van der Waals surface area contributed by atoms with Gasteiger partial charge in [-0.3, -0.25) is 0 Å². The maximum atomic E-state index is 11.1. The van der Waals surface area contributed by atoms with Crippen LogP contribution in [-0.2, 0) is 14.2 Å². The van der Waals surface area contributed by atoms with Gasteiger partial charge in [-0.25, -0.2) is 0 Å². The molecule has 0 bridgehead atoms. The molecule has 2 aliphatic heterocycles. The van der Waals surface area contributed by atoms with Crippen LogP contribution in [0.1, 0.15) is 19.8 Å². The van der Waals surface area contributed by atoms with Gasteiger partial charge in [-0.1, -0.05) is 13.3 Å². The molecule has 0 spiro atoms. The quantitative estimate of drug-likeness (QED) is 0.194. The maximum absolute atomic E-state index is 11.1. The topological polar surface area (TPSA) is 190 Å². The summed E-state index contributed by atoms with van der Waals surface area (Å²) in [6.07, 6.45) is -10.7. The Morgan fingerprint density at radius 1 is 1.00 bits per heavy atom. The van der Waals surface area contributed by atoms with Gasteiger partial charge in [0.25, 0.3) is 0 Å². The second-order valence-electron chi connectivity index (χ2n) is 7.05. The Labute approximate surface area is 156 Å². The molecule has 0 aromatic rings. The van der Waals surface area contributed by atoms with Gasteiger partial charge in [0, 0.05) is 6.61 Å². The molecule has 11 nitrogen and oxygen atoms in total. The van der Waals surface area contributed by atoms with E-state index in [2.05, 4.69) is 0 Å². The van der Waals surface area contributed by atoms with Gasteiger partial charge in [-0.05, 0) is 6.42 Å². The summed E-state index contributed by atoms with van der Waals surface area (Å²) < 4.78 is 15.8. The minimum atomic E-state index is -2.81. The van der Waals surface area contributed by atoms with Crippen molar-refractivity contribution in [2.24, 2.45) is 0 Å². The van der Waals surface area contributed by atoms with E-state index in [9.17, 15) is 35.7 Å². The van der Waals surface area contributed by atoms with Crippen molar-refractivity contribution in [1.82, 2.24) is 0 Å². The third-order valence-electron chi connectivity index (χ3n) is 5.37. The van der Waals surface area contributed by atoms with Crippen LogP contribution in [0.5, 0.6) is 0 Å². The highest BCUT2D eigenvalue weighted by atomic mass is 16.7. The van der Waals surface area contributed by atoms with E-state index in [1.165, 1.54) is 0 Å². The minimum Gasteiger partial charge on any atom is -0.394 e. The molecular formula is C16H30O11. The Balaban J connectivity index is 2.30. The standard InChI is InChI=1S/C16H30O11/c1-2-3-4-25-14-11(20)13(22)16(24,9(6-18)27-14)15(23)7-26-8(5-17)10(19)12(15)21/h8-14,17-24H,2-7H2,1H3/t8-,9-,10+,11-,12+,13-,14+,15-,16-/m1/s1. The molecule has 11 heteroatoms. The molecule has 0 amide bonds. The summed E-state index contributed by atoms with van der Waals surface area (Å²) in [4.78, 5) is 0. The number of rotatable bonds is 7. The third kappa shape index (κ3) is 3.74. The summed E-state index contributed by atoms with van der Waals surface area (Å²) in [5.74, 6) is 0. The van der Waals surface area contributed by atoms with Crippen LogP contribution in [-0.4, -0.2) is 121 Å². The van der Waals surface area contributed by atoms with E-state index in [0.717, 1.165) is 6.42 Å². The molecule has 27 heavy (non-hydrogen) atoms. The SMILES string of the molecule is CCCCO[C@H]1O[C@H](CO)[C@](O)([C@@]2(O)CO[C@H](CO)[C@H](O)[C@@H]2O)[C@H](O)[C@H]1O. The van der Waals surface area contributed by atoms with Crippen molar-refractivity contribution < 1.29 is 55.1 Å². The summed E-state index contributed by atoms with van der Waals surface area (Å²) in [7, 11) is 0. The number of hydrogen-bond donors (Lipinski definition) is 8. The van der Waals surface area contributed by atoms with E-state index in [1.54, 1.807) is 0 Å². The van der Waals surface area contributed by atoms with Crippen molar-refractivity contribution in [3.8, 4) is 0 Å². The monoisotopic (exact) mass is 398 g/mol. The Hall–Kier alpha value is -0.440. The lowest BCUT2D eigenvalue weighted by Gasteiger charge is -2.57. The molecule has 0 unspecified atom stereocenters. The predicted molar refractivity (Wildman–Crippen MR) is 87.4 cm³/mol. The fourth-order valence-corrected chi connectivity index (χ4v) is 3.56. The van der Waals surface area contributed by atoms with E-state index >= 15 is 0 Å². The van der Waals surface area contributed by atoms with Crippen LogP contribution in [0.15, 0.2) is 0 Å². The number of hydrogen-bond acceptors (Lipinski definition) is 11. The molecule has 2 fully saturated rings. The predicted octanol–water partition coefficient (Wildman–Crippen LogP) is -4.18. The molecule has 160 valence electrons. The minimum absolute atomic E-state index is 0.189. The Morgan fingerprint density at radius 2 is 1.67 bits per heavy atom. The molecule has 2 rings (SSSR count). The summed E-state index contributed by atoms with van der Waals surface area (Å²) in [6, 6.07) is 0. The molecule has 8 N–H and O–H groups in total. The van der Waals surface area contributed by atoms with Crippen LogP contribution in [0, 0.1) is 0 Å². The Kier molecular flexibility index (Phi) is 7.55. The van der Waals surface area contributed by atoms with Gasteiger partial charge in [0.2, 0.25) is 0 Å². The normalized spacial score (nSPS) is 48.6. The molecule has 0 aromatic heterocycles. The van der Waals surface area contributed by atoms with Crippen LogP contribution < -0.4 is 0 Å². The Bertz CT molecular complexity index is 475. The highest BCUT2D eigenvalue weighted by Crippen LogP contribution is 2.43. The van der Waals surface area contributed by atoms with Gasteiger partial charge in [0.05, 0.1) is 19.8 Å². The van der Waals surface area contributed by atoms with E-state index < -0.39 is 73.9 Å². The first kappa shape index (κ1) is 22.8. The van der Waals surface area contributed by atoms with Crippen LogP contribution in [0.2, 0.25) is 0 Å². The molecular weight excluding hydrogens is 368 g/mol. The molecule has 2 aliphatic rings. The molecule has 0 saturated carbocycles. The summed E-state index contributed by atoms with van der Waals surface area (Å²) in [5, 5.41) is 82.0. The lowest BCUT2D eigenvalue weighted by atomic mass is 9.67. The fourth-order valence-electron chi connectivity index (χ4n) is 3.56. The van der Waals surface area contributed by atoms with Crippen molar-refractivity contribution >= 4 is 0 Å². The van der Waals surface area contributed by atoms with E-state index in [-0.39, 0.29) is 6.61 Å². The largest absolute Gasteiger partial charge is 0.394 e. The van der Waals surface area contributed by atoms with E-state index in [4.69, 9.17) is 19.3 Å². The van der Waals surface area contributed by atoms with Gasteiger partial charge in [-0.2, -0.15) is 0 Å². The maximum Gasteiger partial charge on any atom is 0.186 e. The summed E-state index contributed by atoms with van der Waals surface area (Å²) in [6.45, 7) is -0.267. The van der Waals surface area contributed by atoms with E-state index in [0.29, 0.717) is 6.42 Å². The van der Waals surface area contributed by atoms with Crippen LogP contribution in [0.3, 0.4) is 0 Å². The van der Waals surface area contributed by atoms with Gasteiger partial charge in [0.1, 0.15) is 36.6 Å². The van der Waals surface area contributed by atoms with Crippen molar-refractivity contribution in [2.45, 2.75) is 73.9 Å². The first-order valence-electron chi connectivity index (χ1n) is 8.96. The second kappa shape index (κ2) is 8.93. The highest BCUT2D eigenvalue weighted by molar-refractivity contribution is 5.18. The zero-order valence-electron chi connectivity index (χ0n) is 15.1.